The zero-order valence-corrected chi connectivity index (χ0v) is 13.0. The lowest BCUT2D eigenvalue weighted by molar-refractivity contribution is -0.136. The van der Waals surface area contributed by atoms with Crippen LogP contribution in [0.2, 0.25) is 0 Å². The van der Waals surface area contributed by atoms with Crippen molar-refractivity contribution in [3.63, 3.8) is 0 Å². The molecule has 0 N–H and O–H groups in total. The van der Waals surface area contributed by atoms with Gasteiger partial charge in [-0.15, -0.1) is 0 Å². The molecule has 1 aromatic rings. The van der Waals surface area contributed by atoms with Crippen molar-refractivity contribution in [2.75, 3.05) is 24.6 Å². The number of likely N-dealkylation sites (tertiary alicyclic amines) is 1. The Morgan fingerprint density at radius 1 is 1.18 bits per heavy atom. The molecule has 120 valence electrons. The van der Waals surface area contributed by atoms with Gasteiger partial charge in [0.15, 0.2) is 9.84 Å². The summed E-state index contributed by atoms with van der Waals surface area (Å²) in [5.74, 6) is -0.260. The first kappa shape index (κ1) is 15.2. The van der Waals surface area contributed by atoms with Crippen molar-refractivity contribution >= 4 is 15.7 Å². The second-order valence-electron chi connectivity index (χ2n) is 5.77. The molecule has 0 unspecified atom stereocenters. The van der Waals surface area contributed by atoms with Crippen LogP contribution < -0.4 is 4.74 Å². The SMILES string of the molecule is O=C([C@@H]1CCS(=O)(=O)C1)N1CCC(Oc2ncccn2)CC1. The summed E-state index contributed by atoms with van der Waals surface area (Å²) in [5, 5.41) is 0. The number of hydrogen-bond acceptors (Lipinski definition) is 6. The van der Waals surface area contributed by atoms with E-state index in [0.717, 1.165) is 0 Å². The molecular weight excluding hydrogens is 306 g/mol. The Hall–Kier alpha value is -1.70. The van der Waals surface area contributed by atoms with E-state index in [9.17, 15) is 13.2 Å². The minimum atomic E-state index is -3.02. The fraction of sp³-hybridized carbons (Fsp3) is 0.643. The van der Waals surface area contributed by atoms with Crippen LogP contribution in [-0.4, -0.2) is 59.9 Å². The van der Waals surface area contributed by atoms with Gasteiger partial charge in [0.05, 0.1) is 17.4 Å². The first-order valence-corrected chi connectivity index (χ1v) is 9.28. The smallest absolute Gasteiger partial charge is 0.316 e. The van der Waals surface area contributed by atoms with E-state index in [0.29, 0.717) is 38.4 Å². The number of carbonyl (C=O) groups is 1. The normalized spacial score (nSPS) is 25.1. The molecule has 0 spiro atoms. The Bertz CT molecular complexity index is 627. The molecule has 2 aliphatic rings. The number of nitrogens with zero attached hydrogens (tertiary/aromatic N) is 3. The standard InChI is InChI=1S/C14H19N3O4S/c18-13(11-4-9-22(19,20)10-11)17-7-2-12(3-8-17)21-14-15-5-1-6-16-14/h1,5-6,11-12H,2-4,7-10H2/t11-/m1/s1. The van der Waals surface area contributed by atoms with Crippen LogP contribution in [0.5, 0.6) is 6.01 Å². The van der Waals surface area contributed by atoms with Crippen LogP contribution in [0.3, 0.4) is 0 Å². The lowest BCUT2D eigenvalue weighted by Gasteiger charge is -2.33. The highest BCUT2D eigenvalue weighted by atomic mass is 32.2. The van der Waals surface area contributed by atoms with Gasteiger partial charge < -0.3 is 9.64 Å². The second kappa shape index (κ2) is 6.20. The van der Waals surface area contributed by atoms with Crippen molar-refractivity contribution in [3.8, 4) is 6.01 Å². The number of amides is 1. The van der Waals surface area contributed by atoms with Crippen LogP contribution in [0.25, 0.3) is 0 Å². The number of piperidine rings is 1. The predicted molar refractivity (Wildman–Crippen MR) is 79.0 cm³/mol. The molecule has 7 nitrogen and oxygen atoms in total. The molecule has 0 aromatic carbocycles. The lowest BCUT2D eigenvalue weighted by atomic mass is 10.0. The molecule has 0 bridgehead atoms. The van der Waals surface area contributed by atoms with Gasteiger partial charge >= 0.3 is 6.01 Å². The summed E-state index contributed by atoms with van der Waals surface area (Å²) in [6.45, 7) is 1.18. The van der Waals surface area contributed by atoms with E-state index in [4.69, 9.17) is 4.74 Å². The number of ether oxygens (including phenoxy) is 1. The summed E-state index contributed by atoms with van der Waals surface area (Å²) in [6.07, 6.45) is 5.13. The summed E-state index contributed by atoms with van der Waals surface area (Å²) < 4.78 is 28.6. The molecular formula is C14H19N3O4S. The Morgan fingerprint density at radius 2 is 1.86 bits per heavy atom. The molecule has 22 heavy (non-hydrogen) atoms. The van der Waals surface area contributed by atoms with Crippen LogP contribution in [0, 0.1) is 5.92 Å². The highest BCUT2D eigenvalue weighted by Gasteiger charge is 2.36. The molecule has 1 amide bonds. The molecule has 2 fully saturated rings. The van der Waals surface area contributed by atoms with Crippen LogP contribution in [-0.2, 0) is 14.6 Å². The fourth-order valence-electron chi connectivity index (χ4n) is 2.94. The van der Waals surface area contributed by atoms with Gasteiger partial charge in [0, 0.05) is 38.3 Å². The highest BCUT2D eigenvalue weighted by molar-refractivity contribution is 7.91. The monoisotopic (exact) mass is 325 g/mol. The Balaban J connectivity index is 1.50. The largest absolute Gasteiger partial charge is 0.460 e. The zero-order chi connectivity index (χ0) is 15.6. The van der Waals surface area contributed by atoms with Crippen LogP contribution in [0.4, 0.5) is 0 Å². The molecule has 2 saturated heterocycles. The second-order valence-corrected chi connectivity index (χ2v) is 8.00. The van der Waals surface area contributed by atoms with Crippen molar-refractivity contribution < 1.29 is 17.9 Å². The average Bonchev–Trinajstić information content (AvgIpc) is 2.88. The van der Waals surface area contributed by atoms with Gasteiger partial charge in [0.1, 0.15) is 6.10 Å². The summed E-state index contributed by atoms with van der Waals surface area (Å²) in [5.41, 5.74) is 0. The molecule has 2 aliphatic heterocycles. The van der Waals surface area contributed by atoms with Crippen molar-refractivity contribution in [2.24, 2.45) is 5.92 Å². The minimum Gasteiger partial charge on any atom is -0.460 e. The van der Waals surface area contributed by atoms with Crippen LogP contribution in [0.15, 0.2) is 18.5 Å². The lowest BCUT2D eigenvalue weighted by Crippen LogP contribution is -2.44. The molecule has 1 aromatic heterocycles. The maximum atomic E-state index is 12.3. The summed E-state index contributed by atoms with van der Waals surface area (Å²) in [6, 6.07) is 2.08. The predicted octanol–water partition coefficient (Wildman–Crippen LogP) is 0.281. The van der Waals surface area contributed by atoms with Crippen molar-refractivity contribution in [3.05, 3.63) is 18.5 Å². The summed E-state index contributed by atoms with van der Waals surface area (Å²) in [7, 11) is -3.02. The van der Waals surface area contributed by atoms with Crippen LogP contribution in [0.1, 0.15) is 19.3 Å². The molecule has 0 radical (unpaired) electrons. The number of rotatable bonds is 3. The first-order valence-electron chi connectivity index (χ1n) is 7.46. The highest BCUT2D eigenvalue weighted by Crippen LogP contribution is 2.23. The first-order chi connectivity index (χ1) is 10.5. The third-order valence-corrected chi connectivity index (χ3v) is 5.92. The minimum absolute atomic E-state index is 0.000116. The molecule has 1 atom stereocenters. The molecule has 3 heterocycles. The van der Waals surface area contributed by atoms with Gasteiger partial charge in [-0.2, -0.15) is 0 Å². The van der Waals surface area contributed by atoms with E-state index < -0.39 is 9.84 Å². The summed E-state index contributed by atoms with van der Waals surface area (Å²) >= 11 is 0. The Labute approximate surface area is 129 Å². The molecule has 8 heteroatoms. The maximum Gasteiger partial charge on any atom is 0.316 e. The topological polar surface area (TPSA) is 89.5 Å². The Morgan fingerprint density at radius 3 is 2.45 bits per heavy atom. The number of hydrogen-bond donors (Lipinski definition) is 0. The van der Waals surface area contributed by atoms with Gasteiger partial charge in [0.25, 0.3) is 0 Å². The molecule has 0 aliphatic carbocycles. The van der Waals surface area contributed by atoms with Crippen LogP contribution >= 0.6 is 0 Å². The van der Waals surface area contributed by atoms with E-state index in [2.05, 4.69) is 9.97 Å². The quantitative estimate of drug-likeness (QED) is 0.793. The number of aromatic nitrogens is 2. The van der Waals surface area contributed by atoms with Gasteiger partial charge in [0.2, 0.25) is 5.91 Å². The molecule has 3 rings (SSSR count). The van der Waals surface area contributed by atoms with E-state index in [1.54, 1.807) is 23.4 Å². The average molecular weight is 325 g/mol. The third kappa shape index (κ3) is 3.55. The van der Waals surface area contributed by atoms with Crippen molar-refractivity contribution in [2.45, 2.75) is 25.4 Å². The van der Waals surface area contributed by atoms with E-state index in [1.807, 2.05) is 0 Å². The number of carbonyl (C=O) groups excluding carboxylic acids is 1. The van der Waals surface area contributed by atoms with Gasteiger partial charge in [-0.25, -0.2) is 18.4 Å². The third-order valence-electron chi connectivity index (χ3n) is 4.15. The van der Waals surface area contributed by atoms with Gasteiger partial charge in [-0.1, -0.05) is 0 Å². The van der Waals surface area contributed by atoms with Crippen molar-refractivity contribution in [1.82, 2.24) is 14.9 Å². The van der Waals surface area contributed by atoms with E-state index in [-0.39, 0.29) is 29.4 Å². The van der Waals surface area contributed by atoms with E-state index >= 15 is 0 Å². The maximum absolute atomic E-state index is 12.3. The van der Waals surface area contributed by atoms with Gasteiger partial charge in [-0.3, -0.25) is 4.79 Å². The molecule has 0 saturated carbocycles. The summed E-state index contributed by atoms with van der Waals surface area (Å²) in [4.78, 5) is 22.2. The van der Waals surface area contributed by atoms with E-state index in [1.165, 1.54) is 0 Å². The zero-order valence-electron chi connectivity index (χ0n) is 12.2. The van der Waals surface area contributed by atoms with Gasteiger partial charge in [-0.05, 0) is 12.5 Å². The van der Waals surface area contributed by atoms with Crippen molar-refractivity contribution in [1.29, 1.82) is 0 Å². The number of sulfone groups is 1. The Kier molecular flexibility index (Phi) is 4.28. The fourth-order valence-corrected chi connectivity index (χ4v) is 4.67.